The van der Waals surface area contributed by atoms with E-state index < -0.39 is 0 Å². The Morgan fingerprint density at radius 3 is 2.55 bits per heavy atom. The Bertz CT molecular complexity index is 1110. The molecule has 0 unspecified atom stereocenters. The number of para-hydroxylation sites is 3. The Balaban J connectivity index is 1.76. The standard InChI is InChI=1S/C24H25N3OS/c1-3-4-15-26(24(28)23-18(2)14-16-29-23)17-22-25-20-12-8-9-13-21(20)27(22)19-10-6-5-7-11-19/h5-14,16H,3-4,15,17H2,1-2H3. The molecule has 5 heteroatoms. The number of fused-ring (bicyclic) bond motifs is 1. The van der Waals surface area contributed by atoms with E-state index in [1.54, 1.807) is 0 Å². The summed E-state index contributed by atoms with van der Waals surface area (Å²) < 4.78 is 2.17. The maximum absolute atomic E-state index is 13.3. The van der Waals surface area contributed by atoms with E-state index >= 15 is 0 Å². The first kappa shape index (κ1) is 19.4. The number of aryl methyl sites for hydroxylation is 1. The lowest BCUT2D eigenvalue weighted by Crippen LogP contribution is -2.32. The van der Waals surface area contributed by atoms with Crippen LogP contribution in [0.15, 0.2) is 66.0 Å². The minimum absolute atomic E-state index is 0.0950. The van der Waals surface area contributed by atoms with Crippen LogP contribution >= 0.6 is 11.3 Å². The summed E-state index contributed by atoms with van der Waals surface area (Å²) in [5.41, 5.74) is 4.11. The van der Waals surface area contributed by atoms with E-state index in [4.69, 9.17) is 4.98 Å². The van der Waals surface area contributed by atoms with E-state index in [-0.39, 0.29) is 5.91 Å². The van der Waals surface area contributed by atoms with E-state index in [0.29, 0.717) is 6.54 Å². The maximum atomic E-state index is 13.3. The highest BCUT2D eigenvalue weighted by Crippen LogP contribution is 2.24. The predicted molar refractivity (Wildman–Crippen MR) is 120 cm³/mol. The van der Waals surface area contributed by atoms with E-state index in [9.17, 15) is 4.79 Å². The molecule has 0 radical (unpaired) electrons. The Kier molecular flexibility index (Phi) is 5.76. The van der Waals surface area contributed by atoms with Gasteiger partial charge >= 0.3 is 0 Å². The van der Waals surface area contributed by atoms with Gasteiger partial charge in [-0.15, -0.1) is 11.3 Å². The third-order valence-electron chi connectivity index (χ3n) is 5.10. The van der Waals surface area contributed by atoms with E-state index in [0.717, 1.165) is 52.4 Å². The first-order chi connectivity index (χ1) is 14.2. The number of rotatable bonds is 7. The maximum Gasteiger partial charge on any atom is 0.264 e. The van der Waals surface area contributed by atoms with Crippen LogP contribution in [0.25, 0.3) is 16.7 Å². The topological polar surface area (TPSA) is 38.1 Å². The molecule has 0 aliphatic rings. The molecule has 148 valence electrons. The summed E-state index contributed by atoms with van der Waals surface area (Å²) in [7, 11) is 0. The molecule has 0 spiro atoms. The number of carbonyl (C=O) groups excluding carboxylic acids is 1. The highest BCUT2D eigenvalue weighted by molar-refractivity contribution is 7.12. The lowest BCUT2D eigenvalue weighted by Gasteiger charge is -2.23. The molecule has 2 heterocycles. The summed E-state index contributed by atoms with van der Waals surface area (Å²) in [6.45, 7) is 5.36. The van der Waals surface area contributed by atoms with Crippen molar-refractivity contribution in [3.8, 4) is 5.69 Å². The van der Waals surface area contributed by atoms with Gasteiger partial charge in [0.05, 0.1) is 22.5 Å². The predicted octanol–water partition coefficient (Wildman–Crippen LogP) is 5.84. The van der Waals surface area contributed by atoms with E-state index in [1.165, 1.54) is 11.3 Å². The quantitative estimate of drug-likeness (QED) is 0.389. The molecule has 4 rings (SSSR count). The van der Waals surface area contributed by atoms with Crippen molar-refractivity contribution in [3.05, 3.63) is 82.3 Å². The van der Waals surface area contributed by atoms with Crippen molar-refractivity contribution in [1.29, 1.82) is 0 Å². The molecule has 0 fully saturated rings. The summed E-state index contributed by atoms with van der Waals surface area (Å²) in [5, 5.41) is 1.99. The van der Waals surface area contributed by atoms with Crippen LogP contribution in [0.5, 0.6) is 0 Å². The van der Waals surface area contributed by atoms with Gasteiger partial charge in [-0.3, -0.25) is 9.36 Å². The average molecular weight is 404 g/mol. The molecule has 2 aromatic carbocycles. The minimum atomic E-state index is 0.0950. The zero-order chi connectivity index (χ0) is 20.2. The van der Waals surface area contributed by atoms with Gasteiger partial charge in [-0.05, 0) is 54.6 Å². The summed E-state index contributed by atoms with van der Waals surface area (Å²) in [5.74, 6) is 0.980. The number of benzene rings is 2. The van der Waals surface area contributed by atoms with Crippen LogP contribution in [0.4, 0.5) is 0 Å². The number of imidazole rings is 1. The van der Waals surface area contributed by atoms with Gasteiger partial charge in [-0.25, -0.2) is 4.98 Å². The third kappa shape index (κ3) is 3.96. The lowest BCUT2D eigenvalue weighted by molar-refractivity contribution is 0.0740. The first-order valence-corrected chi connectivity index (χ1v) is 10.9. The summed E-state index contributed by atoms with van der Waals surface area (Å²) in [4.78, 5) is 21.0. The van der Waals surface area contributed by atoms with Gasteiger partial charge in [-0.1, -0.05) is 43.7 Å². The first-order valence-electron chi connectivity index (χ1n) is 10.0. The number of hydrogen-bond donors (Lipinski definition) is 0. The largest absolute Gasteiger partial charge is 0.330 e. The molecule has 4 aromatic rings. The van der Waals surface area contributed by atoms with Crippen LogP contribution in [0, 0.1) is 6.92 Å². The van der Waals surface area contributed by atoms with E-state index in [2.05, 4.69) is 29.7 Å². The molecule has 4 nitrogen and oxygen atoms in total. The van der Waals surface area contributed by atoms with Crippen LogP contribution in [0.2, 0.25) is 0 Å². The van der Waals surface area contributed by atoms with Gasteiger partial charge in [0.25, 0.3) is 5.91 Å². The highest BCUT2D eigenvalue weighted by Gasteiger charge is 2.22. The number of thiophene rings is 1. The number of carbonyl (C=O) groups is 1. The van der Waals surface area contributed by atoms with Crippen molar-refractivity contribution < 1.29 is 4.79 Å². The molecular formula is C24H25N3OS. The Morgan fingerprint density at radius 1 is 1.07 bits per heavy atom. The smallest absolute Gasteiger partial charge is 0.264 e. The molecule has 0 N–H and O–H groups in total. The van der Waals surface area contributed by atoms with Crippen molar-refractivity contribution in [2.45, 2.75) is 33.2 Å². The molecule has 0 saturated carbocycles. The van der Waals surface area contributed by atoms with Crippen LogP contribution in [0.1, 0.15) is 40.8 Å². The highest BCUT2D eigenvalue weighted by atomic mass is 32.1. The number of aromatic nitrogens is 2. The second-order valence-corrected chi connectivity index (χ2v) is 8.12. The van der Waals surface area contributed by atoms with Crippen molar-refractivity contribution in [2.24, 2.45) is 0 Å². The second-order valence-electron chi connectivity index (χ2n) is 7.20. The van der Waals surface area contributed by atoms with Crippen molar-refractivity contribution >= 4 is 28.3 Å². The van der Waals surface area contributed by atoms with Crippen molar-refractivity contribution in [1.82, 2.24) is 14.5 Å². The SMILES string of the molecule is CCCCN(Cc1nc2ccccc2n1-c1ccccc1)C(=O)c1sccc1C. The summed E-state index contributed by atoms with van der Waals surface area (Å²) >= 11 is 1.52. The Hall–Kier alpha value is -2.92. The van der Waals surface area contributed by atoms with Gasteiger partial charge < -0.3 is 4.90 Å². The fourth-order valence-electron chi connectivity index (χ4n) is 3.55. The zero-order valence-electron chi connectivity index (χ0n) is 16.8. The molecule has 0 aliphatic heterocycles. The normalized spacial score (nSPS) is 11.1. The molecule has 1 amide bonds. The number of unbranched alkanes of at least 4 members (excludes halogenated alkanes) is 1. The Morgan fingerprint density at radius 2 is 1.83 bits per heavy atom. The van der Waals surface area contributed by atoms with Crippen molar-refractivity contribution in [3.63, 3.8) is 0 Å². The van der Waals surface area contributed by atoms with Crippen LogP contribution < -0.4 is 0 Å². The fourth-order valence-corrected chi connectivity index (χ4v) is 4.45. The van der Waals surface area contributed by atoms with Crippen LogP contribution in [-0.4, -0.2) is 26.9 Å². The van der Waals surface area contributed by atoms with Gasteiger partial charge in [0, 0.05) is 12.2 Å². The zero-order valence-corrected chi connectivity index (χ0v) is 17.7. The van der Waals surface area contributed by atoms with Crippen molar-refractivity contribution in [2.75, 3.05) is 6.54 Å². The molecular weight excluding hydrogens is 378 g/mol. The Labute approximate surface area is 175 Å². The number of nitrogens with zero attached hydrogens (tertiary/aromatic N) is 3. The van der Waals surface area contributed by atoms with Gasteiger partial charge in [-0.2, -0.15) is 0 Å². The molecule has 0 saturated heterocycles. The minimum Gasteiger partial charge on any atom is -0.330 e. The average Bonchev–Trinajstić information content (AvgIpc) is 3.34. The van der Waals surface area contributed by atoms with Gasteiger partial charge in [0.1, 0.15) is 5.82 Å². The van der Waals surface area contributed by atoms with Gasteiger partial charge in [0.15, 0.2) is 0 Å². The monoisotopic (exact) mass is 403 g/mol. The molecule has 0 atom stereocenters. The number of hydrogen-bond acceptors (Lipinski definition) is 3. The molecule has 2 aromatic heterocycles. The lowest BCUT2D eigenvalue weighted by atomic mass is 10.2. The third-order valence-corrected chi connectivity index (χ3v) is 6.11. The number of amides is 1. The molecule has 29 heavy (non-hydrogen) atoms. The second kappa shape index (κ2) is 8.62. The summed E-state index contributed by atoms with van der Waals surface area (Å²) in [6.07, 6.45) is 2.02. The fraction of sp³-hybridized carbons (Fsp3) is 0.250. The molecule has 0 bridgehead atoms. The van der Waals surface area contributed by atoms with Crippen LogP contribution in [0.3, 0.4) is 0 Å². The van der Waals surface area contributed by atoms with Crippen LogP contribution in [-0.2, 0) is 6.54 Å². The van der Waals surface area contributed by atoms with E-state index in [1.807, 2.05) is 59.7 Å². The van der Waals surface area contributed by atoms with Gasteiger partial charge in [0.2, 0.25) is 0 Å². The molecule has 0 aliphatic carbocycles. The summed E-state index contributed by atoms with van der Waals surface area (Å²) in [6, 6.07) is 20.4.